The molecule has 0 spiro atoms. The van der Waals surface area contributed by atoms with Gasteiger partial charge in [0.05, 0.1) is 11.1 Å². The van der Waals surface area contributed by atoms with Gasteiger partial charge >= 0.3 is 0 Å². The van der Waals surface area contributed by atoms with E-state index in [0.717, 1.165) is 42.0 Å². The Hall–Kier alpha value is -3.38. The molecule has 162 valence electrons. The third kappa shape index (κ3) is 4.32. The van der Waals surface area contributed by atoms with Crippen LogP contribution in [0.1, 0.15) is 46.2 Å². The summed E-state index contributed by atoms with van der Waals surface area (Å²) in [5.74, 6) is 0. The lowest BCUT2D eigenvalue weighted by Gasteiger charge is -2.20. The first kappa shape index (κ1) is 21.8. The Balaban J connectivity index is 2.04. The highest BCUT2D eigenvalue weighted by atomic mass is 19.3. The molecule has 0 fully saturated rings. The van der Waals surface area contributed by atoms with Gasteiger partial charge in [-0.05, 0) is 70.3 Å². The number of nitriles is 2. The van der Waals surface area contributed by atoms with Crippen molar-refractivity contribution in [3.8, 4) is 23.3 Å². The van der Waals surface area contributed by atoms with Crippen LogP contribution in [-0.2, 0) is 25.7 Å². The summed E-state index contributed by atoms with van der Waals surface area (Å²) in [6.07, 6.45) is -2.44. The van der Waals surface area contributed by atoms with Gasteiger partial charge in [0.2, 0.25) is 12.9 Å². The van der Waals surface area contributed by atoms with E-state index < -0.39 is 25.7 Å². The zero-order valence-electron chi connectivity index (χ0n) is 17.3. The third-order valence-corrected chi connectivity index (χ3v) is 5.96. The Labute approximate surface area is 183 Å². The standard InChI is InChI=1S/C26H20F4N2/c27-24(28)8-15-5-16(9-25(29)30)7-20(6-15)26-22-12-18-4-2-1-3-17(18)10-19(22)11-21(13-31)23(26)14-32/h5-7,10-12,24-25H,1-4,8-9H2. The van der Waals surface area contributed by atoms with Crippen LogP contribution in [-0.4, -0.2) is 12.9 Å². The van der Waals surface area contributed by atoms with E-state index in [-0.39, 0.29) is 22.3 Å². The van der Waals surface area contributed by atoms with Crippen LogP contribution in [0.2, 0.25) is 0 Å². The van der Waals surface area contributed by atoms with Crippen molar-refractivity contribution in [2.75, 3.05) is 0 Å². The molecule has 3 aromatic rings. The molecule has 3 aromatic carbocycles. The van der Waals surface area contributed by atoms with Gasteiger partial charge in [0.25, 0.3) is 0 Å². The smallest absolute Gasteiger partial charge is 0.210 e. The summed E-state index contributed by atoms with van der Waals surface area (Å²) in [5, 5.41) is 21.1. The second kappa shape index (κ2) is 9.01. The van der Waals surface area contributed by atoms with Gasteiger partial charge in [-0.15, -0.1) is 0 Å². The molecular formula is C26H20F4N2. The van der Waals surface area contributed by atoms with Crippen LogP contribution in [0.5, 0.6) is 0 Å². The maximum absolute atomic E-state index is 13.1. The molecule has 0 saturated heterocycles. The van der Waals surface area contributed by atoms with Crippen molar-refractivity contribution in [3.05, 3.63) is 69.8 Å². The summed E-state index contributed by atoms with van der Waals surface area (Å²) in [6.45, 7) is 0. The first-order chi connectivity index (χ1) is 15.4. The molecule has 0 unspecified atom stereocenters. The van der Waals surface area contributed by atoms with E-state index in [0.29, 0.717) is 11.1 Å². The maximum atomic E-state index is 13.1. The minimum absolute atomic E-state index is 0.132. The van der Waals surface area contributed by atoms with Crippen molar-refractivity contribution in [2.24, 2.45) is 0 Å². The number of fused-ring (bicyclic) bond motifs is 2. The molecule has 0 N–H and O–H groups in total. The molecule has 0 amide bonds. The lowest BCUT2D eigenvalue weighted by atomic mass is 9.84. The van der Waals surface area contributed by atoms with Gasteiger partial charge in [0, 0.05) is 18.4 Å². The summed E-state index contributed by atoms with van der Waals surface area (Å²) in [4.78, 5) is 0. The largest absolute Gasteiger partial charge is 0.242 e. The molecular weight excluding hydrogens is 416 g/mol. The summed E-state index contributed by atoms with van der Waals surface area (Å²) in [6, 6.07) is 14.3. The van der Waals surface area contributed by atoms with Crippen molar-refractivity contribution in [1.29, 1.82) is 10.5 Å². The predicted octanol–water partition coefficient (Wildman–Crippen LogP) is 6.74. The molecule has 0 saturated carbocycles. The highest BCUT2D eigenvalue weighted by Crippen LogP contribution is 2.38. The Kier molecular flexibility index (Phi) is 6.15. The minimum Gasteiger partial charge on any atom is -0.210 e. The molecule has 2 nitrogen and oxygen atoms in total. The number of hydrogen-bond donors (Lipinski definition) is 0. The van der Waals surface area contributed by atoms with Crippen LogP contribution >= 0.6 is 0 Å². The van der Waals surface area contributed by atoms with Gasteiger partial charge < -0.3 is 0 Å². The molecule has 4 rings (SSSR count). The number of alkyl halides is 4. The maximum Gasteiger partial charge on any atom is 0.242 e. The van der Waals surface area contributed by atoms with Gasteiger partial charge in [-0.25, -0.2) is 17.6 Å². The van der Waals surface area contributed by atoms with Crippen molar-refractivity contribution >= 4 is 10.8 Å². The lowest BCUT2D eigenvalue weighted by molar-refractivity contribution is 0.148. The molecule has 0 atom stereocenters. The molecule has 0 heterocycles. The lowest BCUT2D eigenvalue weighted by Crippen LogP contribution is -2.04. The molecule has 0 aromatic heterocycles. The van der Waals surface area contributed by atoms with Crippen molar-refractivity contribution in [2.45, 2.75) is 51.4 Å². The monoisotopic (exact) mass is 436 g/mol. The van der Waals surface area contributed by atoms with Crippen LogP contribution in [0, 0.1) is 22.7 Å². The Bertz CT molecular complexity index is 1240. The van der Waals surface area contributed by atoms with Gasteiger partial charge in [-0.3, -0.25) is 0 Å². The number of halogens is 4. The predicted molar refractivity (Wildman–Crippen MR) is 115 cm³/mol. The van der Waals surface area contributed by atoms with E-state index in [1.807, 2.05) is 12.1 Å². The Morgan fingerprint density at radius 1 is 0.750 bits per heavy atom. The average molecular weight is 436 g/mol. The third-order valence-electron chi connectivity index (χ3n) is 5.96. The van der Waals surface area contributed by atoms with Gasteiger partial charge in [-0.2, -0.15) is 10.5 Å². The average Bonchev–Trinajstić information content (AvgIpc) is 2.75. The summed E-state index contributed by atoms with van der Waals surface area (Å²) < 4.78 is 52.4. The normalized spacial score (nSPS) is 13.2. The number of aryl methyl sites for hydroxylation is 2. The molecule has 0 aliphatic heterocycles. The van der Waals surface area contributed by atoms with E-state index in [1.54, 1.807) is 6.07 Å². The Morgan fingerprint density at radius 2 is 1.34 bits per heavy atom. The second-order valence-corrected chi connectivity index (χ2v) is 8.18. The van der Waals surface area contributed by atoms with E-state index >= 15 is 0 Å². The number of benzene rings is 3. The van der Waals surface area contributed by atoms with Gasteiger partial charge in [0.1, 0.15) is 12.1 Å². The van der Waals surface area contributed by atoms with Gasteiger partial charge in [-0.1, -0.05) is 30.3 Å². The summed E-state index contributed by atoms with van der Waals surface area (Å²) in [5.41, 5.74) is 3.99. The fourth-order valence-electron chi connectivity index (χ4n) is 4.64. The second-order valence-electron chi connectivity index (χ2n) is 8.18. The molecule has 6 heteroatoms. The van der Waals surface area contributed by atoms with E-state index in [2.05, 4.69) is 12.1 Å². The van der Waals surface area contributed by atoms with Gasteiger partial charge in [0.15, 0.2) is 0 Å². The van der Waals surface area contributed by atoms with E-state index in [9.17, 15) is 28.1 Å². The molecule has 0 bridgehead atoms. The van der Waals surface area contributed by atoms with E-state index in [4.69, 9.17) is 0 Å². The summed E-state index contributed by atoms with van der Waals surface area (Å²) >= 11 is 0. The minimum atomic E-state index is -2.63. The zero-order valence-corrected chi connectivity index (χ0v) is 17.3. The highest BCUT2D eigenvalue weighted by Gasteiger charge is 2.20. The van der Waals surface area contributed by atoms with Crippen LogP contribution in [0.25, 0.3) is 21.9 Å². The van der Waals surface area contributed by atoms with Crippen molar-refractivity contribution in [1.82, 2.24) is 0 Å². The molecule has 0 radical (unpaired) electrons. The van der Waals surface area contributed by atoms with Crippen LogP contribution < -0.4 is 0 Å². The quantitative estimate of drug-likeness (QED) is 0.416. The number of rotatable bonds is 5. The van der Waals surface area contributed by atoms with E-state index in [1.165, 1.54) is 23.8 Å². The molecule has 1 aliphatic carbocycles. The Morgan fingerprint density at radius 3 is 1.88 bits per heavy atom. The van der Waals surface area contributed by atoms with Crippen LogP contribution in [0.4, 0.5) is 17.6 Å². The summed E-state index contributed by atoms with van der Waals surface area (Å²) in [7, 11) is 0. The zero-order chi connectivity index (χ0) is 22.8. The first-order valence-electron chi connectivity index (χ1n) is 10.5. The van der Waals surface area contributed by atoms with Crippen LogP contribution in [0.3, 0.4) is 0 Å². The fraction of sp³-hybridized carbons (Fsp3) is 0.308. The van der Waals surface area contributed by atoms with Crippen molar-refractivity contribution < 1.29 is 17.6 Å². The molecule has 1 aliphatic rings. The fourth-order valence-corrected chi connectivity index (χ4v) is 4.64. The van der Waals surface area contributed by atoms with Crippen LogP contribution in [0.15, 0.2) is 36.4 Å². The highest BCUT2D eigenvalue weighted by molar-refractivity contribution is 6.02. The first-order valence-corrected chi connectivity index (χ1v) is 10.5. The SMILES string of the molecule is N#Cc1cc2cc3c(cc2c(-c2cc(CC(F)F)cc(CC(F)F)c2)c1C#N)CCCC3. The van der Waals surface area contributed by atoms with Crippen molar-refractivity contribution in [3.63, 3.8) is 0 Å². The number of nitrogens with zero attached hydrogens (tertiary/aromatic N) is 2. The number of hydrogen-bond acceptors (Lipinski definition) is 2. The molecule has 32 heavy (non-hydrogen) atoms. The topological polar surface area (TPSA) is 47.6 Å².